The maximum Gasteiger partial charge on any atom is 0.0410 e. The molecule has 1 aliphatic carbocycles. The molecule has 21 heavy (non-hydrogen) atoms. The first-order valence-electron chi connectivity index (χ1n) is 8.38. The maximum atomic E-state index is 6.20. The van der Waals surface area contributed by atoms with Crippen molar-refractivity contribution in [3.8, 4) is 0 Å². The van der Waals surface area contributed by atoms with Gasteiger partial charge in [0.05, 0.1) is 0 Å². The van der Waals surface area contributed by atoms with Gasteiger partial charge in [-0.2, -0.15) is 0 Å². The zero-order chi connectivity index (χ0) is 15.2. The number of nitrogens with zero attached hydrogens (tertiary/aromatic N) is 1. The van der Waals surface area contributed by atoms with Crippen LogP contribution in [0, 0.1) is 0 Å². The van der Waals surface area contributed by atoms with Gasteiger partial charge < -0.3 is 10.6 Å². The first kappa shape index (κ1) is 16.6. The van der Waals surface area contributed by atoms with E-state index >= 15 is 0 Å². The zero-order valence-corrected chi connectivity index (χ0v) is 14.2. The molecular formula is C18H29ClN2. The highest BCUT2D eigenvalue weighted by atomic mass is 35.5. The van der Waals surface area contributed by atoms with Crippen molar-refractivity contribution in [2.45, 2.75) is 70.4 Å². The smallest absolute Gasteiger partial charge is 0.0410 e. The Labute approximate surface area is 134 Å². The summed E-state index contributed by atoms with van der Waals surface area (Å²) in [6.45, 7) is 2.14. The molecule has 1 aromatic rings. The summed E-state index contributed by atoms with van der Waals surface area (Å²) in [4.78, 5) is 2.47. The van der Waals surface area contributed by atoms with Gasteiger partial charge in [-0.3, -0.25) is 0 Å². The van der Waals surface area contributed by atoms with Gasteiger partial charge in [0.2, 0.25) is 0 Å². The predicted octanol–water partition coefficient (Wildman–Crippen LogP) is 4.78. The van der Waals surface area contributed by atoms with Crippen LogP contribution in [0.25, 0.3) is 0 Å². The van der Waals surface area contributed by atoms with E-state index in [4.69, 9.17) is 17.3 Å². The molecule has 1 saturated carbocycles. The van der Waals surface area contributed by atoms with E-state index in [2.05, 4.69) is 31.0 Å². The molecule has 2 nitrogen and oxygen atoms in total. The number of anilines is 1. The van der Waals surface area contributed by atoms with Crippen LogP contribution in [-0.2, 0) is 6.42 Å². The lowest BCUT2D eigenvalue weighted by molar-refractivity contribution is 0.550. The molecule has 2 N–H and O–H groups in total. The zero-order valence-electron chi connectivity index (χ0n) is 13.4. The number of hydrogen-bond acceptors (Lipinski definition) is 2. The Morgan fingerprint density at radius 3 is 2.52 bits per heavy atom. The highest BCUT2D eigenvalue weighted by Crippen LogP contribution is 2.30. The Kier molecular flexibility index (Phi) is 6.38. The Morgan fingerprint density at radius 1 is 1.24 bits per heavy atom. The number of halogens is 1. The fourth-order valence-corrected chi connectivity index (χ4v) is 3.52. The second-order valence-corrected chi connectivity index (χ2v) is 6.84. The Hall–Kier alpha value is -0.730. The van der Waals surface area contributed by atoms with Crippen molar-refractivity contribution in [1.82, 2.24) is 0 Å². The van der Waals surface area contributed by atoms with Crippen LogP contribution >= 0.6 is 11.6 Å². The lowest BCUT2D eigenvalue weighted by Crippen LogP contribution is -2.32. The Bertz CT molecular complexity index is 439. The van der Waals surface area contributed by atoms with Gasteiger partial charge in [0, 0.05) is 29.8 Å². The van der Waals surface area contributed by atoms with Crippen molar-refractivity contribution in [3.05, 3.63) is 28.8 Å². The van der Waals surface area contributed by atoms with E-state index < -0.39 is 0 Å². The van der Waals surface area contributed by atoms with E-state index in [1.54, 1.807) is 0 Å². The van der Waals surface area contributed by atoms with Gasteiger partial charge in [0.1, 0.15) is 0 Å². The van der Waals surface area contributed by atoms with Crippen molar-refractivity contribution < 1.29 is 0 Å². The second-order valence-electron chi connectivity index (χ2n) is 6.40. The summed E-state index contributed by atoms with van der Waals surface area (Å²) in [6, 6.07) is 7.14. The summed E-state index contributed by atoms with van der Waals surface area (Å²) < 4.78 is 0. The quantitative estimate of drug-likeness (QED) is 0.793. The van der Waals surface area contributed by atoms with Gasteiger partial charge in [-0.1, -0.05) is 44.2 Å². The minimum atomic E-state index is 0.213. The fourth-order valence-electron chi connectivity index (χ4n) is 3.33. The molecule has 1 fully saturated rings. The van der Waals surface area contributed by atoms with Crippen LogP contribution in [0.2, 0.25) is 5.02 Å². The van der Waals surface area contributed by atoms with Gasteiger partial charge in [-0.05, 0) is 49.4 Å². The van der Waals surface area contributed by atoms with Crippen molar-refractivity contribution in [1.29, 1.82) is 0 Å². The molecular weight excluding hydrogens is 280 g/mol. The van der Waals surface area contributed by atoms with Gasteiger partial charge in [0.15, 0.2) is 0 Å². The monoisotopic (exact) mass is 308 g/mol. The molecule has 1 unspecified atom stereocenters. The topological polar surface area (TPSA) is 29.3 Å². The van der Waals surface area contributed by atoms with Gasteiger partial charge in [-0.25, -0.2) is 0 Å². The Morgan fingerprint density at radius 2 is 1.90 bits per heavy atom. The number of nitrogens with two attached hydrogens (primary N) is 1. The van der Waals surface area contributed by atoms with Crippen LogP contribution in [0.4, 0.5) is 5.69 Å². The van der Waals surface area contributed by atoms with E-state index in [1.165, 1.54) is 49.8 Å². The molecule has 118 valence electrons. The Balaban J connectivity index is 2.20. The molecule has 0 bridgehead atoms. The van der Waals surface area contributed by atoms with Gasteiger partial charge >= 0.3 is 0 Å². The lowest BCUT2D eigenvalue weighted by Gasteiger charge is -2.31. The first-order chi connectivity index (χ1) is 10.1. The fraction of sp³-hybridized carbons (Fsp3) is 0.667. The van der Waals surface area contributed by atoms with E-state index in [1.807, 2.05) is 6.07 Å². The average Bonchev–Trinajstić information content (AvgIpc) is 2.75. The highest BCUT2D eigenvalue weighted by Gasteiger charge is 2.20. The van der Waals surface area contributed by atoms with Crippen LogP contribution in [-0.4, -0.2) is 19.1 Å². The molecule has 0 spiro atoms. The van der Waals surface area contributed by atoms with Crippen LogP contribution in [0.15, 0.2) is 18.2 Å². The molecule has 2 rings (SSSR count). The van der Waals surface area contributed by atoms with Crippen LogP contribution in [0.1, 0.15) is 57.4 Å². The molecule has 1 atom stereocenters. The van der Waals surface area contributed by atoms with Gasteiger partial charge in [-0.15, -0.1) is 0 Å². The molecule has 3 heteroatoms. The molecule has 0 aliphatic heterocycles. The third kappa shape index (κ3) is 4.62. The lowest BCUT2D eigenvalue weighted by atomic mass is 10.00. The number of rotatable bonds is 5. The van der Waals surface area contributed by atoms with Crippen LogP contribution in [0.3, 0.4) is 0 Å². The van der Waals surface area contributed by atoms with Gasteiger partial charge in [0.25, 0.3) is 0 Å². The number of hydrogen-bond donors (Lipinski definition) is 1. The summed E-state index contributed by atoms with van der Waals surface area (Å²) >= 11 is 6.20. The van der Waals surface area contributed by atoms with Crippen molar-refractivity contribution in [2.75, 3.05) is 11.9 Å². The normalized spacial score (nSPS) is 18.3. The van der Waals surface area contributed by atoms with Crippen molar-refractivity contribution >= 4 is 17.3 Å². The standard InChI is InChI=1S/C18H29ClN2/c1-3-16(20)13-14-12-15(19)10-11-18(14)21(2)17-8-6-4-5-7-9-17/h10-12,16-17H,3-9,13,20H2,1-2H3. The molecule has 0 aromatic heterocycles. The van der Waals surface area contributed by atoms with Crippen LogP contribution in [0.5, 0.6) is 0 Å². The minimum absolute atomic E-state index is 0.213. The minimum Gasteiger partial charge on any atom is -0.371 e. The van der Waals surface area contributed by atoms with Crippen molar-refractivity contribution in [3.63, 3.8) is 0 Å². The van der Waals surface area contributed by atoms with Crippen LogP contribution < -0.4 is 10.6 Å². The molecule has 0 heterocycles. The molecule has 1 aliphatic rings. The molecule has 0 saturated heterocycles. The largest absolute Gasteiger partial charge is 0.371 e. The van der Waals surface area contributed by atoms with E-state index in [0.717, 1.165) is 17.9 Å². The van der Waals surface area contributed by atoms with E-state index in [-0.39, 0.29) is 6.04 Å². The average molecular weight is 309 g/mol. The summed E-state index contributed by atoms with van der Waals surface area (Å²) in [5, 5.41) is 0.811. The summed E-state index contributed by atoms with van der Waals surface area (Å²) in [6.07, 6.45) is 10.00. The molecule has 0 radical (unpaired) electrons. The first-order valence-corrected chi connectivity index (χ1v) is 8.76. The van der Waals surface area contributed by atoms with E-state index in [0.29, 0.717) is 6.04 Å². The number of benzene rings is 1. The van der Waals surface area contributed by atoms with E-state index in [9.17, 15) is 0 Å². The summed E-state index contributed by atoms with van der Waals surface area (Å²) in [5.74, 6) is 0. The predicted molar refractivity (Wildman–Crippen MR) is 93.3 cm³/mol. The second kappa shape index (κ2) is 8.05. The third-order valence-corrected chi connectivity index (χ3v) is 5.04. The SMILES string of the molecule is CCC(N)Cc1cc(Cl)ccc1N(C)C1CCCCCC1. The summed E-state index contributed by atoms with van der Waals surface area (Å²) in [5.41, 5.74) is 8.78. The molecule has 1 aromatic carbocycles. The highest BCUT2D eigenvalue weighted by molar-refractivity contribution is 6.30. The van der Waals surface area contributed by atoms with Crippen molar-refractivity contribution in [2.24, 2.45) is 5.73 Å². The molecule has 0 amide bonds. The third-order valence-electron chi connectivity index (χ3n) is 4.80. The maximum absolute atomic E-state index is 6.20. The summed E-state index contributed by atoms with van der Waals surface area (Å²) in [7, 11) is 2.24.